The molecule has 4 N–H and O–H groups in total. The Labute approximate surface area is 132 Å². The van der Waals surface area contributed by atoms with Gasteiger partial charge in [0, 0.05) is 11.5 Å². The van der Waals surface area contributed by atoms with Crippen molar-refractivity contribution in [3.05, 3.63) is 58.6 Å². The summed E-state index contributed by atoms with van der Waals surface area (Å²) in [7, 11) is 0. The van der Waals surface area contributed by atoms with Crippen molar-refractivity contribution < 1.29 is 4.74 Å². The minimum absolute atomic E-state index is 0.377. The van der Waals surface area contributed by atoms with Crippen molar-refractivity contribution in [1.82, 2.24) is 0 Å². The molecule has 3 nitrogen and oxygen atoms in total. The molecule has 0 radical (unpaired) electrons. The summed E-state index contributed by atoms with van der Waals surface area (Å²) in [6, 6.07) is 14.7. The van der Waals surface area contributed by atoms with Gasteiger partial charge in [-0.2, -0.15) is 0 Å². The van der Waals surface area contributed by atoms with Crippen LogP contribution in [0.25, 0.3) is 10.8 Å². The standard InChI is InChI=1S/C16H12Cl2N2O/c17-11-7-12(18)15(8-13(11)19)21-14-6-5-9-3-1-2-4-10(9)16(14)20/h1-8H,19-20H2. The van der Waals surface area contributed by atoms with E-state index < -0.39 is 0 Å². The summed E-state index contributed by atoms with van der Waals surface area (Å²) in [6.07, 6.45) is 0. The van der Waals surface area contributed by atoms with Crippen LogP contribution in [0.1, 0.15) is 0 Å². The van der Waals surface area contributed by atoms with Crippen molar-refractivity contribution in [2.45, 2.75) is 0 Å². The first-order valence-corrected chi connectivity index (χ1v) is 7.01. The highest BCUT2D eigenvalue weighted by molar-refractivity contribution is 6.37. The van der Waals surface area contributed by atoms with Gasteiger partial charge in [0.25, 0.3) is 0 Å². The van der Waals surface area contributed by atoms with Crippen LogP contribution in [0.15, 0.2) is 48.5 Å². The first-order chi connectivity index (χ1) is 10.1. The highest BCUT2D eigenvalue weighted by Gasteiger charge is 2.11. The fourth-order valence-corrected chi connectivity index (χ4v) is 2.53. The summed E-state index contributed by atoms with van der Waals surface area (Å²) in [6.45, 7) is 0. The van der Waals surface area contributed by atoms with Gasteiger partial charge in [-0.3, -0.25) is 0 Å². The Bertz CT molecular complexity index is 834. The average Bonchev–Trinajstić information content (AvgIpc) is 2.48. The van der Waals surface area contributed by atoms with E-state index in [-0.39, 0.29) is 0 Å². The zero-order valence-corrected chi connectivity index (χ0v) is 12.4. The smallest absolute Gasteiger partial charge is 0.151 e. The number of nitrogens with two attached hydrogens (primary N) is 2. The van der Waals surface area contributed by atoms with Gasteiger partial charge in [-0.15, -0.1) is 0 Å². The summed E-state index contributed by atoms with van der Waals surface area (Å²) in [4.78, 5) is 0. The minimum atomic E-state index is 0.377. The Kier molecular flexibility index (Phi) is 3.53. The van der Waals surface area contributed by atoms with Crippen LogP contribution in [0, 0.1) is 0 Å². The van der Waals surface area contributed by atoms with Gasteiger partial charge >= 0.3 is 0 Å². The molecular formula is C16H12Cl2N2O. The number of ether oxygens (including phenoxy) is 1. The lowest BCUT2D eigenvalue weighted by molar-refractivity contribution is 0.486. The highest BCUT2D eigenvalue weighted by atomic mass is 35.5. The molecule has 0 spiro atoms. The topological polar surface area (TPSA) is 61.3 Å². The molecular weight excluding hydrogens is 307 g/mol. The second-order valence-electron chi connectivity index (χ2n) is 4.60. The summed E-state index contributed by atoms with van der Waals surface area (Å²) in [5.74, 6) is 0.942. The summed E-state index contributed by atoms with van der Waals surface area (Å²) in [5, 5.41) is 2.73. The molecule has 0 saturated carbocycles. The van der Waals surface area contributed by atoms with E-state index in [4.69, 9.17) is 39.4 Å². The number of fused-ring (bicyclic) bond motifs is 1. The Morgan fingerprint density at radius 2 is 1.57 bits per heavy atom. The van der Waals surface area contributed by atoms with Crippen LogP contribution in [0.5, 0.6) is 11.5 Å². The maximum atomic E-state index is 6.16. The number of hydrogen-bond donors (Lipinski definition) is 2. The van der Waals surface area contributed by atoms with Gasteiger partial charge in [0.15, 0.2) is 5.75 Å². The van der Waals surface area contributed by atoms with Gasteiger partial charge in [0.05, 0.1) is 21.4 Å². The number of hydrogen-bond acceptors (Lipinski definition) is 3. The fourth-order valence-electron chi connectivity index (χ4n) is 2.11. The molecule has 5 heteroatoms. The van der Waals surface area contributed by atoms with Crippen LogP contribution in [0.2, 0.25) is 10.0 Å². The average molecular weight is 319 g/mol. The van der Waals surface area contributed by atoms with Gasteiger partial charge in [0.1, 0.15) is 5.75 Å². The first-order valence-electron chi connectivity index (χ1n) is 6.26. The van der Waals surface area contributed by atoms with E-state index in [0.29, 0.717) is 32.9 Å². The molecule has 0 amide bonds. The molecule has 0 unspecified atom stereocenters. The lowest BCUT2D eigenvalue weighted by atomic mass is 10.1. The maximum absolute atomic E-state index is 6.16. The Hall–Kier alpha value is -2.10. The minimum Gasteiger partial charge on any atom is -0.454 e. The zero-order valence-electron chi connectivity index (χ0n) is 10.9. The van der Waals surface area contributed by atoms with Crippen molar-refractivity contribution in [1.29, 1.82) is 0 Å². The quantitative estimate of drug-likeness (QED) is 0.646. The number of halogens is 2. The second-order valence-corrected chi connectivity index (χ2v) is 5.42. The number of rotatable bonds is 2. The van der Waals surface area contributed by atoms with Crippen molar-refractivity contribution in [3.63, 3.8) is 0 Å². The van der Waals surface area contributed by atoms with E-state index in [2.05, 4.69) is 0 Å². The van der Waals surface area contributed by atoms with E-state index >= 15 is 0 Å². The van der Waals surface area contributed by atoms with Gasteiger partial charge < -0.3 is 16.2 Å². The van der Waals surface area contributed by atoms with Crippen molar-refractivity contribution in [3.8, 4) is 11.5 Å². The van der Waals surface area contributed by atoms with Crippen LogP contribution in [0.3, 0.4) is 0 Å². The van der Waals surface area contributed by atoms with Gasteiger partial charge in [-0.1, -0.05) is 53.5 Å². The lowest BCUT2D eigenvalue weighted by Gasteiger charge is -2.13. The third-order valence-corrected chi connectivity index (χ3v) is 3.82. The van der Waals surface area contributed by atoms with E-state index in [0.717, 1.165) is 10.8 Å². The molecule has 0 aliphatic rings. The molecule has 3 rings (SSSR count). The Balaban J connectivity index is 2.06. The number of nitrogen functional groups attached to an aromatic ring is 2. The second kappa shape index (κ2) is 5.35. The summed E-state index contributed by atoms with van der Waals surface area (Å²) < 4.78 is 5.79. The maximum Gasteiger partial charge on any atom is 0.151 e. The van der Waals surface area contributed by atoms with Crippen LogP contribution >= 0.6 is 23.2 Å². The zero-order chi connectivity index (χ0) is 15.0. The third kappa shape index (κ3) is 2.58. The molecule has 0 saturated heterocycles. The highest BCUT2D eigenvalue weighted by Crippen LogP contribution is 2.39. The number of benzene rings is 3. The molecule has 0 atom stereocenters. The van der Waals surface area contributed by atoms with Crippen molar-refractivity contribution >= 4 is 45.3 Å². The molecule has 3 aromatic carbocycles. The van der Waals surface area contributed by atoms with E-state index in [1.807, 2.05) is 30.3 Å². The third-order valence-electron chi connectivity index (χ3n) is 3.20. The van der Waals surface area contributed by atoms with E-state index in [1.165, 1.54) is 0 Å². The molecule has 106 valence electrons. The van der Waals surface area contributed by atoms with Crippen LogP contribution in [0.4, 0.5) is 11.4 Å². The number of anilines is 2. The normalized spacial score (nSPS) is 10.8. The van der Waals surface area contributed by atoms with Crippen LogP contribution in [-0.4, -0.2) is 0 Å². The van der Waals surface area contributed by atoms with Crippen LogP contribution in [-0.2, 0) is 0 Å². The predicted molar refractivity (Wildman–Crippen MR) is 89.3 cm³/mol. The molecule has 0 fully saturated rings. The lowest BCUT2D eigenvalue weighted by Crippen LogP contribution is -1.95. The summed E-state index contributed by atoms with van der Waals surface area (Å²) >= 11 is 12.0. The van der Waals surface area contributed by atoms with Crippen LogP contribution < -0.4 is 16.2 Å². The SMILES string of the molecule is Nc1cc(Oc2ccc3ccccc3c2N)c(Cl)cc1Cl. The molecule has 3 aromatic rings. The first kappa shape index (κ1) is 13.9. The molecule has 0 bridgehead atoms. The summed E-state index contributed by atoms with van der Waals surface area (Å²) in [5.41, 5.74) is 12.9. The molecule has 21 heavy (non-hydrogen) atoms. The van der Waals surface area contributed by atoms with Gasteiger partial charge in [0.2, 0.25) is 0 Å². The Morgan fingerprint density at radius 1 is 0.810 bits per heavy atom. The largest absolute Gasteiger partial charge is 0.454 e. The monoisotopic (exact) mass is 318 g/mol. The molecule has 0 aliphatic heterocycles. The van der Waals surface area contributed by atoms with E-state index in [9.17, 15) is 0 Å². The van der Waals surface area contributed by atoms with E-state index in [1.54, 1.807) is 18.2 Å². The fraction of sp³-hybridized carbons (Fsp3) is 0. The van der Waals surface area contributed by atoms with Gasteiger partial charge in [-0.05, 0) is 17.5 Å². The van der Waals surface area contributed by atoms with Crippen molar-refractivity contribution in [2.24, 2.45) is 0 Å². The Morgan fingerprint density at radius 3 is 2.38 bits per heavy atom. The molecule has 0 heterocycles. The van der Waals surface area contributed by atoms with Crippen molar-refractivity contribution in [2.75, 3.05) is 11.5 Å². The van der Waals surface area contributed by atoms with Gasteiger partial charge in [-0.25, -0.2) is 0 Å². The molecule has 0 aromatic heterocycles. The molecule has 0 aliphatic carbocycles. The predicted octanol–water partition coefficient (Wildman–Crippen LogP) is 5.10.